The van der Waals surface area contributed by atoms with Crippen LogP contribution in [0.3, 0.4) is 0 Å². The van der Waals surface area contributed by atoms with E-state index in [1.54, 1.807) is 18.2 Å². The van der Waals surface area contributed by atoms with E-state index in [-0.39, 0.29) is 35.6 Å². The second-order valence-electron chi connectivity index (χ2n) is 7.09. The summed E-state index contributed by atoms with van der Waals surface area (Å²) in [5.41, 5.74) is 2.59. The van der Waals surface area contributed by atoms with E-state index in [1.165, 1.54) is 10.7 Å². The van der Waals surface area contributed by atoms with Gasteiger partial charge >= 0.3 is 173 Å². The van der Waals surface area contributed by atoms with Crippen molar-refractivity contribution in [3.63, 3.8) is 0 Å². The van der Waals surface area contributed by atoms with Gasteiger partial charge in [0, 0.05) is 0 Å². The number of hydrogen-bond acceptors (Lipinski definition) is 4. The molecule has 6 nitrogen and oxygen atoms in total. The normalized spacial score (nSPS) is 11.0. The van der Waals surface area contributed by atoms with Gasteiger partial charge in [-0.1, -0.05) is 0 Å². The number of methoxy groups -OCH3 is 1. The SMILES string of the molecule is COC(=O)Nc1nc2cc(C(=O)c3ccc[c]([Sn]([CH3])([CH3])[CH3])c3)ccc2[nH]1.[SnH2]. The van der Waals surface area contributed by atoms with Crippen LogP contribution < -0.4 is 8.90 Å². The molecule has 0 atom stereocenters. The summed E-state index contributed by atoms with van der Waals surface area (Å²) in [6, 6.07) is 13.2. The molecule has 0 spiro atoms. The Morgan fingerprint density at radius 1 is 1.07 bits per heavy atom. The van der Waals surface area contributed by atoms with Crippen molar-refractivity contribution < 1.29 is 14.3 Å². The van der Waals surface area contributed by atoms with E-state index >= 15 is 0 Å². The van der Waals surface area contributed by atoms with Crippen molar-refractivity contribution >= 4 is 74.7 Å². The molecule has 0 fully saturated rings. The molecule has 27 heavy (non-hydrogen) atoms. The molecular weight excluding hydrogens is 556 g/mol. The van der Waals surface area contributed by atoms with E-state index in [9.17, 15) is 9.59 Å². The Morgan fingerprint density at radius 2 is 1.78 bits per heavy atom. The third-order valence-electron chi connectivity index (χ3n) is 4.14. The Balaban J connectivity index is 0.00000261. The van der Waals surface area contributed by atoms with Gasteiger partial charge in [-0.2, -0.15) is 0 Å². The van der Waals surface area contributed by atoms with Crippen molar-refractivity contribution in [3.8, 4) is 0 Å². The zero-order chi connectivity index (χ0) is 18.9. The monoisotopic (exact) mass is 581 g/mol. The number of aromatic nitrogens is 2. The third-order valence-corrected chi connectivity index (χ3v) is 9.97. The molecule has 0 aliphatic heterocycles. The molecule has 8 heteroatoms. The molecule has 2 radical (unpaired) electrons. The van der Waals surface area contributed by atoms with E-state index in [1.807, 2.05) is 18.2 Å². The van der Waals surface area contributed by atoms with Gasteiger partial charge in [0.15, 0.2) is 0 Å². The van der Waals surface area contributed by atoms with Crippen LogP contribution in [0.2, 0.25) is 14.8 Å². The van der Waals surface area contributed by atoms with Crippen molar-refractivity contribution in [3.05, 3.63) is 53.6 Å². The van der Waals surface area contributed by atoms with E-state index < -0.39 is 24.5 Å². The number of ketones is 1. The van der Waals surface area contributed by atoms with Crippen LogP contribution in [0, 0.1) is 0 Å². The topological polar surface area (TPSA) is 84.1 Å². The predicted octanol–water partition coefficient (Wildman–Crippen LogP) is 2.60. The summed E-state index contributed by atoms with van der Waals surface area (Å²) in [5, 5.41) is 2.48. The average Bonchev–Trinajstić information content (AvgIpc) is 3.01. The van der Waals surface area contributed by atoms with Gasteiger partial charge in [-0.3, -0.25) is 0 Å². The maximum absolute atomic E-state index is 12.9. The number of amides is 1. The molecular formula is C19H23N3O3Sn2. The van der Waals surface area contributed by atoms with E-state index in [4.69, 9.17) is 0 Å². The summed E-state index contributed by atoms with van der Waals surface area (Å²) < 4.78 is 5.86. The number of hydrogen-bond donors (Lipinski definition) is 2. The fourth-order valence-electron chi connectivity index (χ4n) is 2.65. The summed E-state index contributed by atoms with van der Waals surface area (Å²) in [4.78, 5) is 38.4. The van der Waals surface area contributed by atoms with E-state index in [0.29, 0.717) is 16.6 Å². The van der Waals surface area contributed by atoms with E-state index in [0.717, 1.165) is 5.52 Å². The van der Waals surface area contributed by atoms with Gasteiger partial charge in [0.05, 0.1) is 7.11 Å². The first kappa shape index (κ1) is 21.7. The van der Waals surface area contributed by atoms with Crippen LogP contribution >= 0.6 is 0 Å². The Hall–Kier alpha value is -1.55. The fourth-order valence-corrected chi connectivity index (χ4v) is 6.03. The third kappa shape index (κ3) is 5.04. The number of benzene rings is 2. The molecule has 0 aliphatic rings. The number of carbonyl (C=O) groups is 2. The van der Waals surface area contributed by atoms with Gasteiger partial charge in [-0.25, -0.2) is 0 Å². The van der Waals surface area contributed by atoms with Crippen LogP contribution in [-0.4, -0.2) is 71.2 Å². The summed E-state index contributed by atoms with van der Waals surface area (Å²) in [5.74, 6) is 0.245. The number of rotatable bonds is 4. The van der Waals surface area contributed by atoms with Crippen LogP contribution in [-0.2, 0) is 4.74 Å². The molecule has 0 saturated carbocycles. The van der Waals surface area contributed by atoms with Gasteiger partial charge in [-0.15, -0.1) is 0 Å². The molecule has 0 saturated heterocycles. The number of ether oxygens (including phenoxy) is 1. The molecule has 0 unspecified atom stereocenters. The first-order valence-corrected chi connectivity index (χ1v) is 18.3. The molecule has 1 amide bonds. The van der Waals surface area contributed by atoms with Crippen molar-refractivity contribution in [2.24, 2.45) is 0 Å². The van der Waals surface area contributed by atoms with Crippen LogP contribution in [0.15, 0.2) is 42.5 Å². The van der Waals surface area contributed by atoms with Crippen molar-refractivity contribution in [1.82, 2.24) is 9.97 Å². The number of imidazole rings is 1. The van der Waals surface area contributed by atoms with Crippen molar-refractivity contribution in [2.45, 2.75) is 14.8 Å². The number of nitrogens with zero attached hydrogens (tertiary/aromatic N) is 1. The molecule has 0 aliphatic carbocycles. The van der Waals surface area contributed by atoms with Gasteiger partial charge in [0.2, 0.25) is 0 Å². The minimum absolute atomic E-state index is 0. The first-order valence-electron chi connectivity index (χ1n) is 8.28. The second-order valence-corrected chi connectivity index (χ2v) is 21.6. The van der Waals surface area contributed by atoms with Crippen molar-refractivity contribution in [2.75, 3.05) is 12.4 Å². The van der Waals surface area contributed by atoms with Crippen LogP contribution in [0.1, 0.15) is 15.9 Å². The molecule has 1 heterocycles. The van der Waals surface area contributed by atoms with Gasteiger partial charge in [0.25, 0.3) is 0 Å². The zero-order valence-electron chi connectivity index (χ0n) is 15.9. The summed E-state index contributed by atoms with van der Waals surface area (Å²) in [6.45, 7) is 0. The molecule has 1 aromatic heterocycles. The number of H-pyrrole nitrogens is 1. The Bertz CT molecular complexity index is 993. The van der Waals surface area contributed by atoms with Crippen molar-refractivity contribution in [1.29, 1.82) is 0 Å². The van der Waals surface area contributed by atoms with E-state index in [2.05, 4.69) is 40.9 Å². The summed E-state index contributed by atoms with van der Waals surface area (Å²) >= 11 is -2.24. The van der Waals surface area contributed by atoms with Gasteiger partial charge in [-0.05, 0) is 0 Å². The minimum atomic E-state index is -2.24. The Morgan fingerprint density at radius 3 is 2.44 bits per heavy atom. The molecule has 3 rings (SSSR count). The molecule has 3 aromatic rings. The second kappa shape index (κ2) is 8.64. The van der Waals surface area contributed by atoms with Gasteiger partial charge in [0.1, 0.15) is 0 Å². The van der Waals surface area contributed by atoms with Gasteiger partial charge < -0.3 is 0 Å². The standard InChI is InChI=1S/C16H12N3O3.3CH3.2Sn.2H/c1-22-16(21)19-15-17-12-8-7-11(9-13(12)18-15)14(20)10-5-3-2-4-6-10;;;;;;;/h2-3,5-9H,1H3,(H2,17,18,19,21);3*1H3;;;;. The zero-order valence-corrected chi connectivity index (χ0v) is 22.8. The van der Waals surface area contributed by atoms with Crippen LogP contribution in [0.5, 0.6) is 0 Å². The summed E-state index contributed by atoms with van der Waals surface area (Å²) in [7, 11) is 1.28. The average molecular weight is 579 g/mol. The molecule has 2 N–H and O–H groups in total. The Labute approximate surface area is 178 Å². The number of anilines is 1. The first-order chi connectivity index (χ1) is 12.3. The number of carbonyl (C=O) groups excluding carboxylic acids is 2. The molecule has 2 aromatic carbocycles. The summed E-state index contributed by atoms with van der Waals surface area (Å²) in [6.07, 6.45) is -0.606. The number of nitrogens with one attached hydrogen (secondary N) is 2. The van der Waals surface area contributed by atoms with Crippen LogP contribution in [0.25, 0.3) is 11.0 Å². The number of fused-ring (bicyclic) bond motifs is 1. The van der Waals surface area contributed by atoms with Crippen LogP contribution in [0.4, 0.5) is 10.7 Å². The predicted molar refractivity (Wildman–Crippen MR) is 114 cm³/mol. The molecule has 0 bridgehead atoms. The maximum atomic E-state index is 12.9. The number of aromatic amines is 1. The fraction of sp³-hybridized carbons (Fsp3) is 0.211. The molecule has 140 valence electrons. The quantitative estimate of drug-likeness (QED) is 0.368. The Kier molecular flexibility index (Phi) is 6.96.